The molecule has 3 aromatic carbocycles. The SMILES string of the molecule is CCOC(=O)CCN(C(=O)c1ccc2c(c1)nc(Cc1ccc(C(=N)N)cc1)c(=O)n2C)c1ccccc1.Cl. The number of nitrogen functional groups attached to an aromatic ring is 1. The number of ether oxygens (including phenoxy) is 1. The van der Waals surface area contributed by atoms with Crippen LogP contribution in [0.25, 0.3) is 11.0 Å². The summed E-state index contributed by atoms with van der Waals surface area (Å²) in [5.41, 5.74) is 9.23. The summed E-state index contributed by atoms with van der Waals surface area (Å²) in [5, 5.41) is 7.54. The molecule has 0 bridgehead atoms. The first kappa shape index (κ1) is 29.1. The van der Waals surface area contributed by atoms with Crippen molar-refractivity contribution in [2.24, 2.45) is 12.8 Å². The second-order valence-electron chi connectivity index (χ2n) is 8.76. The Morgan fingerprint density at radius 2 is 1.69 bits per heavy atom. The lowest BCUT2D eigenvalue weighted by Gasteiger charge is -2.23. The Morgan fingerprint density at radius 3 is 2.33 bits per heavy atom. The predicted octanol–water partition coefficient (Wildman–Crippen LogP) is 3.83. The topological polar surface area (TPSA) is 131 Å². The number of nitrogens with zero attached hydrogens (tertiary/aromatic N) is 3. The Bertz CT molecular complexity index is 1550. The quantitative estimate of drug-likeness (QED) is 0.186. The molecule has 4 rings (SSSR count). The molecule has 0 saturated heterocycles. The van der Waals surface area contributed by atoms with Crippen LogP contribution in [0.15, 0.2) is 77.6 Å². The second kappa shape index (κ2) is 12.8. The number of benzene rings is 3. The molecule has 1 amide bonds. The van der Waals surface area contributed by atoms with Crippen LogP contribution < -0.4 is 16.2 Å². The fourth-order valence-electron chi connectivity index (χ4n) is 4.18. The highest BCUT2D eigenvalue weighted by molar-refractivity contribution is 6.07. The Balaban J connectivity index is 0.00000420. The molecule has 0 atom stereocenters. The Hall–Kier alpha value is -4.50. The van der Waals surface area contributed by atoms with Crippen molar-refractivity contribution in [3.63, 3.8) is 0 Å². The van der Waals surface area contributed by atoms with Gasteiger partial charge in [0.1, 0.15) is 11.5 Å². The van der Waals surface area contributed by atoms with Crippen molar-refractivity contribution in [1.82, 2.24) is 9.55 Å². The van der Waals surface area contributed by atoms with Crippen molar-refractivity contribution >= 4 is 46.8 Å². The maximum Gasteiger partial charge on any atom is 0.307 e. The fraction of sp³-hybridized carbons (Fsp3) is 0.207. The van der Waals surface area contributed by atoms with E-state index in [1.54, 1.807) is 44.3 Å². The zero-order chi connectivity index (χ0) is 27.2. The fourth-order valence-corrected chi connectivity index (χ4v) is 4.18. The summed E-state index contributed by atoms with van der Waals surface area (Å²) in [6, 6.07) is 21.2. The van der Waals surface area contributed by atoms with Crippen LogP contribution in [0.4, 0.5) is 5.69 Å². The first-order chi connectivity index (χ1) is 18.3. The average molecular weight is 548 g/mol. The van der Waals surface area contributed by atoms with Crippen LogP contribution in [0.2, 0.25) is 0 Å². The predicted molar refractivity (Wildman–Crippen MR) is 154 cm³/mol. The van der Waals surface area contributed by atoms with Crippen LogP contribution in [-0.4, -0.2) is 40.4 Å². The largest absolute Gasteiger partial charge is 0.466 e. The highest BCUT2D eigenvalue weighted by Crippen LogP contribution is 2.20. The number of amides is 1. The second-order valence-corrected chi connectivity index (χ2v) is 8.76. The van der Waals surface area contributed by atoms with Gasteiger partial charge in [-0.2, -0.15) is 0 Å². The number of amidine groups is 1. The van der Waals surface area contributed by atoms with Crippen molar-refractivity contribution in [2.75, 3.05) is 18.1 Å². The van der Waals surface area contributed by atoms with E-state index >= 15 is 0 Å². The number of nitrogens with two attached hydrogens (primary N) is 1. The van der Waals surface area contributed by atoms with Gasteiger partial charge in [0.05, 0.1) is 24.1 Å². The van der Waals surface area contributed by atoms with Crippen molar-refractivity contribution < 1.29 is 14.3 Å². The van der Waals surface area contributed by atoms with E-state index in [-0.39, 0.29) is 61.7 Å². The highest BCUT2D eigenvalue weighted by atomic mass is 35.5. The van der Waals surface area contributed by atoms with Crippen LogP contribution in [0.3, 0.4) is 0 Å². The van der Waals surface area contributed by atoms with Crippen molar-refractivity contribution in [2.45, 2.75) is 19.8 Å². The number of hydrogen-bond acceptors (Lipinski definition) is 6. The van der Waals surface area contributed by atoms with Crippen LogP contribution >= 0.6 is 12.4 Å². The molecular weight excluding hydrogens is 518 g/mol. The standard InChI is InChI=1S/C29H29N5O4.ClH/c1-3-38-26(35)15-16-34(22-7-5-4-6-8-22)28(36)21-13-14-25-23(18-21)32-24(29(37)33(25)2)17-19-9-11-20(12-10-19)27(30)31;/h4-14,18H,3,15-17H2,1-2H3,(H3,30,31);1H. The minimum atomic E-state index is -0.377. The molecule has 3 N–H and O–H groups in total. The van der Waals surface area contributed by atoms with E-state index in [2.05, 4.69) is 4.98 Å². The number of halogens is 1. The summed E-state index contributed by atoms with van der Waals surface area (Å²) in [5.74, 6) is -0.697. The van der Waals surface area contributed by atoms with Gasteiger partial charge in [-0.25, -0.2) is 4.98 Å². The normalized spacial score (nSPS) is 10.5. The average Bonchev–Trinajstić information content (AvgIpc) is 2.92. The Morgan fingerprint density at radius 1 is 1.03 bits per heavy atom. The molecule has 0 fully saturated rings. The molecule has 9 nitrogen and oxygen atoms in total. The number of rotatable bonds is 9. The number of para-hydroxylation sites is 1. The summed E-state index contributed by atoms with van der Waals surface area (Å²) in [7, 11) is 1.67. The molecule has 39 heavy (non-hydrogen) atoms. The van der Waals surface area contributed by atoms with E-state index in [4.69, 9.17) is 15.9 Å². The van der Waals surface area contributed by atoms with Gasteiger partial charge in [-0.3, -0.25) is 19.8 Å². The first-order valence-corrected chi connectivity index (χ1v) is 12.2. The Kier molecular flexibility index (Phi) is 9.57. The number of esters is 1. The molecule has 0 spiro atoms. The van der Waals surface area contributed by atoms with E-state index < -0.39 is 0 Å². The van der Waals surface area contributed by atoms with Gasteiger partial charge in [0.25, 0.3) is 11.5 Å². The molecule has 0 saturated carbocycles. The van der Waals surface area contributed by atoms with Crippen LogP contribution in [0, 0.1) is 5.41 Å². The molecular formula is C29H30ClN5O4. The Labute approximate surface area is 232 Å². The van der Waals surface area contributed by atoms with E-state index in [1.165, 1.54) is 9.47 Å². The molecule has 0 aliphatic rings. The van der Waals surface area contributed by atoms with E-state index in [0.717, 1.165) is 5.56 Å². The highest BCUT2D eigenvalue weighted by Gasteiger charge is 2.20. The van der Waals surface area contributed by atoms with Gasteiger partial charge in [0.2, 0.25) is 0 Å². The number of fused-ring (bicyclic) bond motifs is 1. The summed E-state index contributed by atoms with van der Waals surface area (Å²) in [6.07, 6.45) is 0.343. The number of nitrogens with one attached hydrogen (secondary N) is 1. The van der Waals surface area contributed by atoms with Crippen LogP contribution in [0.5, 0.6) is 0 Å². The molecule has 0 unspecified atom stereocenters. The molecule has 0 radical (unpaired) electrons. The minimum Gasteiger partial charge on any atom is -0.466 e. The van der Waals surface area contributed by atoms with Crippen LogP contribution in [-0.2, 0) is 23.0 Å². The van der Waals surface area contributed by atoms with Gasteiger partial charge in [-0.15, -0.1) is 12.4 Å². The number of aromatic nitrogens is 2. The van der Waals surface area contributed by atoms with E-state index in [0.29, 0.717) is 33.5 Å². The number of carbonyl (C=O) groups excluding carboxylic acids is 2. The van der Waals surface area contributed by atoms with Gasteiger partial charge < -0.3 is 19.9 Å². The first-order valence-electron chi connectivity index (χ1n) is 12.2. The molecule has 10 heteroatoms. The van der Waals surface area contributed by atoms with Crippen molar-refractivity contribution in [1.29, 1.82) is 5.41 Å². The van der Waals surface area contributed by atoms with E-state index in [9.17, 15) is 14.4 Å². The maximum atomic E-state index is 13.6. The van der Waals surface area contributed by atoms with Crippen LogP contribution in [0.1, 0.15) is 40.5 Å². The molecule has 0 aliphatic carbocycles. The third-order valence-electron chi connectivity index (χ3n) is 6.19. The third-order valence-corrected chi connectivity index (χ3v) is 6.19. The maximum absolute atomic E-state index is 13.6. The third kappa shape index (κ3) is 6.69. The molecule has 1 aromatic heterocycles. The summed E-state index contributed by atoms with van der Waals surface area (Å²) in [4.78, 5) is 44.8. The monoisotopic (exact) mass is 547 g/mol. The molecule has 0 aliphatic heterocycles. The molecule has 202 valence electrons. The smallest absolute Gasteiger partial charge is 0.307 e. The zero-order valence-electron chi connectivity index (χ0n) is 21.7. The van der Waals surface area contributed by atoms with Crippen molar-refractivity contribution in [3.8, 4) is 0 Å². The lowest BCUT2D eigenvalue weighted by atomic mass is 10.1. The minimum absolute atomic E-state index is 0. The van der Waals surface area contributed by atoms with Gasteiger partial charge >= 0.3 is 5.97 Å². The van der Waals surface area contributed by atoms with Gasteiger partial charge in [0.15, 0.2) is 0 Å². The summed E-state index contributed by atoms with van der Waals surface area (Å²) >= 11 is 0. The number of hydrogen-bond donors (Lipinski definition) is 2. The lowest BCUT2D eigenvalue weighted by Crippen LogP contribution is -2.33. The van der Waals surface area contributed by atoms with E-state index in [1.807, 2.05) is 42.5 Å². The number of aryl methyl sites for hydroxylation is 1. The molecule has 4 aromatic rings. The van der Waals surface area contributed by atoms with Crippen molar-refractivity contribution in [3.05, 3.63) is 106 Å². The van der Waals surface area contributed by atoms with Gasteiger partial charge in [-0.05, 0) is 42.8 Å². The molecule has 1 heterocycles. The van der Waals surface area contributed by atoms with Gasteiger partial charge in [-0.1, -0.05) is 42.5 Å². The number of carbonyl (C=O) groups is 2. The summed E-state index contributed by atoms with van der Waals surface area (Å²) < 4.78 is 6.56. The van der Waals surface area contributed by atoms with Gasteiger partial charge in [0, 0.05) is 36.8 Å². The lowest BCUT2D eigenvalue weighted by molar-refractivity contribution is -0.142. The zero-order valence-corrected chi connectivity index (χ0v) is 22.5. The number of anilines is 1. The summed E-state index contributed by atoms with van der Waals surface area (Å²) in [6.45, 7) is 2.17.